The van der Waals surface area contributed by atoms with E-state index < -0.39 is 23.0 Å². The van der Waals surface area contributed by atoms with Crippen LogP contribution in [0.4, 0.5) is 13.2 Å². The number of hydrogen-bond acceptors (Lipinski definition) is 2. The Kier molecular flexibility index (Phi) is 3.92. The van der Waals surface area contributed by atoms with Crippen molar-refractivity contribution in [2.24, 2.45) is 0 Å². The maximum absolute atomic E-state index is 13.4. The molecule has 18 heavy (non-hydrogen) atoms. The molecule has 0 aromatic heterocycles. The molecular formula is C13H16F3NO. The van der Waals surface area contributed by atoms with Crippen LogP contribution in [-0.4, -0.2) is 17.3 Å². The number of hydrogen-bond donors (Lipinski definition) is 2. The van der Waals surface area contributed by atoms with Crippen molar-refractivity contribution in [2.45, 2.75) is 37.8 Å². The molecule has 0 bridgehead atoms. The Labute approximate surface area is 104 Å². The average molecular weight is 259 g/mol. The highest BCUT2D eigenvalue weighted by Crippen LogP contribution is 2.29. The van der Waals surface area contributed by atoms with Crippen LogP contribution >= 0.6 is 0 Å². The van der Waals surface area contributed by atoms with Crippen LogP contribution in [0.1, 0.15) is 31.2 Å². The van der Waals surface area contributed by atoms with Crippen molar-refractivity contribution in [3.05, 3.63) is 35.1 Å². The van der Waals surface area contributed by atoms with E-state index >= 15 is 0 Å². The molecule has 0 atom stereocenters. The van der Waals surface area contributed by atoms with Gasteiger partial charge < -0.3 is 10.4 Å². The summed E-state index contributed by atoms with van der Waals surface area (Å²) in [4.78, 5) is 0. The molecule has 5 heteroatoms. The predicted molar refractivity (Wildman–Crippen MR) is 61.4 cm³/mol. The second-order valence-electron chi connectivity index (χ2n) is 4.86. The van der Waals surface area contributed by atoms with Crippen molar-refractivity contribution in [1.29, 1.82) is 0 Å². The van der Waals surface area contributed by atoms with Gasteiger partial charge in [-0.25, -0.2) is 13.2 Å². The highest BCUT2D eigenvalue weighted by atomic mass is 19.2. The predicted octanol–water partition coefficient (Wildman–Crippen LogP) is 2.50. The Morgan fingerprint density at radius 2 is 1.67 bits per heavy atom. The van der Waals surface area contributed by atoms with Crippen LogP contribution in [-0.2, 0) is 6.54 Å². The minimum atomic E-state index is -1.19. The summed E-state index contributed by atoms with van der Waals surface area (Å²) in [6.45, 7) is 0.0574. The van der Waals surface area contributed by atoms with Gasteiger partial charge in [-0.15, -0.1) is 0 Å². The first-order chi connectivity index (χ1) is 8.56. The van der Waals surface area contributed by atoms with Crippen LogP contribution in [0.15, 0.2) is 12.1 Å². The maximum atomic E-state index is 13.4. The molecule has 0 heterocycles. The summed E-state index contributed by atoms with van der Waals surface area (Å²) in [6, 6.07) is 1.41. The van der Waals surface area contributed by atoms with E-state index in [1.165, 1.54) is 0 Å². The maximum Gasteiger partial charge on any atom is 0.161 e. The number of halogens is 3. The number of rotatable bonds is 4. The molecule has 0 unspecified atom stereocenters. The van der Waals surface area contributed by atoms with Gasteiger partial charge in [0.1, 0.15) is 5.82 Å². The zero-order valence-corrected chi connectivity index (χ0v) is 9.98. The summed E-state index contributed by atoms with van der Waals surface area (Å²) in [5, 5.41) is 12.4. The van der Waals surface area contributed by atoms with E-state index in [1.54, 1.807) is 0 Å². The quantitative estimate of drug-likeness (QED) is 0.814. The molecule has 1 saturated carbocycles. The smallest absolute Gasteiger partial charge is 0.161 e. The van der Waals surface area contributed by atoms with E-state index in [-0.39, 0.29) is 18.7 Å². The molecule has 100 valence electrons. The second kappa shape index (κ2) is 5.28. The minimum Gasteiger partial charge on any atom is -0.394 e. The SMILES string of the molecule is OCC1(NCc2cc(F)c(F)cc2F)CCCC1. The zero-order valence-electron chi connectivity index (χ0n) is 9.98. The fourth-order valence-electron chi connectivity index (χ4n) is 2.42. The molecule has 0 aliphatic heterocycles. The van der Waals surface area contributed by atoms with Crippen LogP contribution in [0.2, 0.25) is 0 Å². The van der Waals surface area contributed by atoms with E-state index in [1.807, 2.05) is 0 Å². The summed E-state index contributed by atoms with van der Waals surface area (Å²) in [7, 11) is 0. The summed E-state index contributed by atoms with van der Waals surface area (Å²) in [5.41, 5.74) is -0.328. The van der Waals surface area contributed by atoms with Gasteiger partial charge in [0.25, 0.3) is 0 Å². The zero-order chi connectivity index (χ0) is 13.2. The molecule has 0 amide bonds. The first-order valence-corrected chi connectivity index (χ1v) is 6.06. The molecular weight excluding hydrogens is 243 g/mol. The first-order valence-electron chi connectivity index (χ1n) is 6.06. The second-order valence-corrected chi connectivity index (χ2v) is 4.86. The van der Waals surface area contributed by atoms with Gasteiger partial charge in [0.05, 0.1) is 6.61 Å². The van der Waals surface area contributed by atoms with Crippen molar-refractivity contribution in [1.82, 2.24) is 5.32 Å². The summed E-state index contributed by atoms with van der Waals surface area (Å²) in [5.74, 6) is -3.01. The highest BCUT2D eigenvalue weighted by Gasteiger charge is 2.32. The molecule has 2 N–H and O–H groups in total. The molecule has 0 radical (unpaired) electrons. The lowest BCUT2D eigenvalue weighted by Crippen LogP contribution is -2.45. The summed E-state index contributed by atoms with van der Waals surface area (Å²) >= 11 is 0. The lowest BCUT2D eigenvalue weighted by molar-refractivity contribution is 0.162. The standard InChI is InChI=1S/C13H16F3NO/c14-10-6-12(16)11(15)5-9(10)7-17-13(8-18)3-1-2-4-13/h5-6,17-18H,1-4,7-8H2. The van der Waals surface area contributed by atoms with Gasteiger partial charge in [-0.2, -0.15) is 0 Å². The van der Waals surface area contributed by atoms with Gasteiger partial charge >= 0.3 is 0 Å². The van der Waals surface area contributed by atoms with Crippen molar-refractivity contribution < 1.29 is 18.3 Å². The van der Waals surface area contributed by atoms with Crippen molar-refractivity contribution in [3.8, 4) is 0 Å². The van der Waals surface area contributed by atoms with Gasteiger partial charge in [-0.1, -0.05) is 12.8 Å². The van der Waals surface area contributed by atoms with Crippen LogP contribution in [0.3, 0.4) is 0 Å². The molecule has 1 aromatic carbocycles. The van der Waals surface area contributed by atoms with Crippen molar-refractivity contribution in [3.63, 3.8) is 0 Å². The Bertz CT molecular complexity index is 430. The molecule has 0 spiro atoms. The van der Waals surface area contributed by atoms with E-state index in [0.717, 1.165) is 31.7 Å². The third-order valence-corrected chi connectivity index (χ3v) is 3.61. The Morgan fingerprint density at radius 3 is 2.28 bits per heavy atom. The lowest BCUT2D eigenvalue weighted by atomic mass is 9.98. The van der Waals surface area contributed by atoms with Gasteiger partial charge in [-0.3, -0.25) is 0 Å². The lowest BCUT2D eigenvalue weighted by Gasteiger charge is -2.28. The van der Waals surface area contributed by atoms with Gasteiger partial charge in [-0.05, 0) is 18.9 Å². The van der Waals surface area contributed by atoms with Gasteiger partial charge in [0.15, 0.2) is 11.6 Å². The molecule has 1 aromatic rings. The molecule has 1 fully saturated rings. The Balaban J connectivity index is 2.08. The van der Waals surface area contributed by atoms with E-state index in [2.05, 4.69) is 5.32 Å². The molecule has 0 saturated heterocycles. The van der Waals surface area contributed by atoms with Gasteiger partial charge in [0.2, 0.25) is 0 Å². The topological polar surface area (TPSA) is 32.3 Å². The van der Waals surface area contributed by atoms with Crippen LogP contribution < -0.4 is 5.32 Å². The van der Waals surface area contributed by atoms with Crippen LogP contribution in [0.5, 0.6) is 0 Å². The van der Waals surface area contributed by atoms with Crippen LogP contribution in [0.25, 0.3) is 0 Å². The Hall–Kier alpha value is -1.07. The number of nitrogens with one attached hydrogen (secondary N) is 1. The Morgan fingerprint density at radius 1 is 1.06 bits per heavy atom. The fourth-order valence-corrected chi connectivity index (χ4v) is 2.42. The van der Waals surface area contributed by atoms with E-state index in [0.29, 0.717) is 6.07 Å². The molecule has 1 aliphatic carbocycles. The first kappa shape index (κ1) is 13.4. The summed E-state index contributed by atoms with van der Waals surface area (Å²) in [6.07, 6.45) is 3.64. The van der Waals surface area contributed by atoms with Crippen LogP contribution in [0, 0.1) is 17.5 Å². The number of benzene rings is 1. The number of aliphatic hydroxyl groups is 1. The monoisotopic (exact) mass is 259 g/mol. The fraction of sp³-hybridized carbons (Fsp3) is 0.538. The number of aliphatic hydroxyl groups excluding tert-OH is 1. The molecule has 1 aliphatic rings. The van der Waals surface area contributed by atoms with Crippen molar-refractivity contribution >= 4 is 0 Å². The largest absolute Gasteiger partial charge is 0.394 e. The normalized spacial score (nSPS) is 18.2. The minimum absolute atomic E-state index is 0.0295. The molecule has 2 nitrogen and oxygen atoms in total. The van der Waals surface area contributed by atoms with Gasteiger partial charge in [0, 0.05) is 23.7 Å². The third kappa shape index (κ3) is 2.67. The summed E-state index contributed by atoms with van der Waals surface area (Å²) < 4.78 is 39.2. The molecule has 2 rings (SSSR count). The third-order valence-electron chi connectivity index (χ3n) is 3.61. The highest BCUT2D eigenvalue weighted by molar-refractivity contribution is 5.20. The van der Waals surface area contributed by atoms with E-state index in [9.17, 15) is 18.3 Å². The van der Waals surface area contributed by atoms with E-state index in [4.69, 9.17) is 0 Å². The average Bonchev–Trinajstić information content (AvgIpc) is 2.82. The van der Waals surface area contributed by atoms with Crippen molar-refractivity contribution in [2.75, 3.05) is 6.61 Å².